The Hall–Kier alpha value is -3.79. The van der Waals surface area contributed by atoms with Gasteiger partial charge in [0.25, 0.3) is 0 Å². The molecule has 0 unspecified atom stereocenters. The van der Waals surface area contributed by atoms with Gasteiger partial charge >= 0.3 is 6.18 Å². The summed E-state index contributed by atoms with van der Waals surface area (Å²) in [6.45, 7) is 2.64. The van der Waals surface area contributed by atoms with E-state index in [0.29, 0.717) is 36.5 Å². The van der Waals surface area contributed by atoms with Gasteiger partial charge in [-0.2, -0.15) is 13.2 Å². The number of alkyl halides is 3. The third kappa shape index (κ3) is 6.32. The van der Waals surface area contributed by atoms with Crippen LogP contribution in [0.25, 0.3) is 0 Å². The van der Waals surface area contributed by atoms with Gasteiger partial charge in [-0.05, 0) is 36.2 Å². The Morgan fingerprint density at radius 3 is 2.38 bits per heavy atom. The number of anilines is 2. The predicted octanol–water partition coefficient (Wildman–Crippen LogP) is 5.10. The first-order valence-corrected chi connectivity index (χ1v) is 11.9. The van der Waals surface area contributed by atoms with Crippen molar-refractivity contribution >= 4 is 23.1 Å². The molecule has 2 N–H and O–H groups in total. The highest BCUT2D eigenvalue weighted by Crippen LogP contribution is 2.36. The first-order chi connectivity index (χ1) is 17.7. The summed E-state index contributed by atoms with van der Waals surface area (Å²) in [5.74, 6) is 0.127. The first kappa shape index (κ1) is 26.3. The van der Waals surface area contributed by atoms with Crippen LogP contribution in [0.15, 0.2) is 60.9 Å². The molecule has 3 aromatic rings. The van der Waals surface area contributed by atoms with Crippen LogP contribution in [0, 0.1) is 5.41 Å². The van der Waals surface area contributed by atoms with Gasteiger partial charge in [0, 0.05) is 44.1 Å². The second-order valence-corrected chi connectivity index (χ2v) is 8.97. The quantitative estimate of drug-likeness (QED) is 0.388. The highest BCUT2D eigenvalue weighted by molar-refractivity contribution is 5.99. The standard InChI is InChI=1S/C27H27F3N4O3/c1-2-24-31-15-19(16-32-24)23(35)13-26(11-12-37-17-26)25(36)33-14-18-7-9-20(10-8-18)34-22-6-4-3-5-21(22)27(28,29)30/h3-10,15-16,34H,2,11-14,17H2,1H3,(H,33,36)/t26-/m0/s1. The summed E-state index contributed by atoms with van der Waals surface area (Å²) in [6.07, 6.45) is -0.445. The maximum absolute atomic E-state index is 13.2. The average Bonchev–Trinajstić information content (AvgIpc) is 3.37. The Morgan fingerprint density at radius 1 is 1.05 bits per heavy atom. The van der Waals surface area contributed by atoms with Crippen molar-refractivity contribution in [1.82, 2.24) is 15.3 Å². The molecule has 1 aliphatic heterocycles. The first-order valence-electron chi connectivity index (χ1n) is 11.9. The van der Waals surface area contributed by atoms with Crippen molar-refractivity contribution in [3.05, 3.63) is 83.4 Å². The van der Waals surface area contributed by atoms with Gasteiger partial charge in [0.05, 0.1) is 28.8 Å². The van der Waals surface area contributed by atoms with Gasteiger partial charge in [-0.25, -0.2) is 9.97 Å². The molecular formula is C27H27F3N4O3. The number of ketones is 1. The smallest absolute Gasteiger partial charge is 0.380 e. The van der Waals surface area contributed by atoms with E-state index < -0.39 is 17.2 Å². The van der Waals surface area contributed by atoms with Gasteiger partial charge in [0.15, 0.2) is 5.78 Å². The molecule has 0 saturated carbocycles. The number of carbonyl (C=O) groups is 2. The third-order valence-electron chi connectivity index (χ3n) is 6.35. The van der Waals surface area contributed by atoms with Crippen LogP contribution in [0.2, 0.25) is 0 Å². The highest BCUT2D eigenvalue weighted by Gasteiger charge is 2.44. The number of nitrogens with one attached hydrogen (secondary N) is 2. The zero-order valence-electron chi connectivity index (χ0n) is 20.3. The topological polar surface area (TPSA) is 93.2 Å². The molecule has 0 aliphatic carbocycles. The summed E-state index contributed by atoms with van der Waals surface area (Å²) < 4.78 is 45.2. The van der Waals surface area contributed by atoms with Gasteiger partial charge < -0.3 is 15.4 Å². The fourth-order valence-electron chi connectivity index (χ4n) is 4.17. The van der Waals surface area contributed by atoms with Crippen LogP contribution in [0.1, 0.15) is 47.1 Å². The number of ether oxygens (including phenoxy) is 1. The number of hydrogen-bond acceptors (Lipinski definition) is 6. The van der Waals surface area contributed by atoms with Crippen molar-refractivity contribution in [2.75, 3.05) is 18.5 Å². The molecule has 0 radical (unpaired) electrons. The van der Waals surface area contributed by atoms with Crippen molar-refractivity contribution in [3.63, 3.8) is 0 Å². The molecule has 10 heteroatoms. The monoisotopic (exact) mass is 512 g/mol. The predicted molar refractivity (Wildman–Crippen MR) is 131 cm³/mol. The number of aromatic nitrogens is 2. The number of benzene rings is 2. The Kier molecular flexibility index (Phi) is 7.87. The SMILES string of the molecule is CCc1ncc(C(=O)C[C@@]2(C(=O)NCc3ccc(Nc4ccccc4C(F)(F)F)cc3)CCOC2)cn1. The molecule has 0 spiro atoms. The summed E-state index contributed by atoms with van der Waals surface area (Å²) in [5.41, 5.74) is -0.187. The number of halogens is 3. The summed E-state index contributed by atoms with van der Waals surface area (Å²) >= 11 is 0. The van der Waals surface area contributed by atoms with Crippen LogP contribution in [-0.4, -0.2) is 34.9 Å². The minimum atomic E-state index is -4.47. The summed E-state index contributed by atoms with van der Waals surface area (Å²) in [4.78, 5) is 34.3. The molecule has 1 atom stereocenters. The fourth-order valence-corrected chi connectivity index (χ4v) is 4.17. The molecule has 1 fully saturated rings. The maximum atomic E-state index is 13.2. The molecule has 2 heterocycles. The van der Waals surface area contributed by atoms with Crippen molar-refractivity contribution in [2.24, 2.45) is 5.41 Å². The Bertz CT molecular complexity index is 1240. The Morgan fingerprint density at radius 2 is 1.76 bits per heavy atom. The van der Waals surface area contributed by atoms with E-state index in [1.165, 1.54) is 30.6 Å². The lowest BCUT2D eigenvalue weighted by Crippen LogP contribution is -2.42. The van der Waals surface area contributed by atoms with E-state index in [4.69, 9.17) is 4.74 Å². The second-order valence-electron chi connectivity index (χ2n) is 8.97. The summed E-state index contributed by atoms with van der Waals surface area (Å²) in [5, 5.41) is 5.68. The van der Waals surface area contributed by atoms with Crippen molar-refractivity contribution in [1.29, 1.82) is 0 Å². The lowest BCUT2D eigenvalue weighted by atomic mass is 9.80. The number of hydrogen-bond donors (Lipinski definition) is 2. The lowest BCUT2D eigenvalue weighted by Gasteiger charge is -2.25. The van der Waals surface area contributed by atoms with Crippen LogP contribution in [0.4, 0.5) is 24.5 Å². The molecule has 194 valence electrons. The molecular weight excluding hydrogens is 485 g/mol. The largest absolute Gasteiger partial charge is 0.418 e. The van der Waals surface area contributed by atoms with Gasteiger partial charge in [0.1, 0.15) is 5.82 Å². The van der Waals surface area contributed by atoms with Gasteiger partial charge in [-0.3, -0.25) is 9.59 Å². The van der Waals surface area contributed by atoms with Crippen molar-refractivity contribution < 1.29 is 27.5 Å². The van der Waals surface area contributed by atoms with Crippen molar-refractivity contribution in [2.45, 2.75) is 38.9 Å². The van der Waals surface area contributed by atoms with Gasteiger partial charge in [0.2, 0.25) is 5.91 Å². The number of carbonyl (C=O) groups excluding carboxylic acids is 2. The average molecular weight is 513 g/mol. The fraction of sp³-hybridized carbons (Fsp3) is 0.333. The molecule has 4 rings (SSSR count). The lowest BCUT2D eigenvalue weighted by molar-refractivity contribution is -0.137. The molecule has 7 nitrogen and oxygen atoms in total. The zero-order valence-corrected chi connectivity index (χ0v) is 20.3. The number of nitrogens with zero attached hydrogens (tertiary/aromatic N) is 2. The molecule has 37 heavy (non-hydrogen) atoms. The van der Waals surface area contributed by atoms with Crippen LogP contribution in [0.5, 0.6) is 0 Å². The number of Topliss-reactive ketones (excluding diaryl/α,β-unsaturated/α-hetero) is 1. The van der Waals surface area contributed by atoms with E-state index in [2.05, 4.69) is 20.6 Å². The van der Waals surface area contributed by atoms with Crippen LogP contribution < -0.4 is 10.6 Å². The van der Waals surface area contributed by atoms with E-state index >= 15 is 0 Å². The molecule has 1 amide bonds. The second kappa shape index (κ2) is 11.1. The van der Waals surface area contributed by atoms with Crippen molar-refractivity contribution in [3.8, 4) is 0 Å². The Balaban J connectivity index is 1.38. The summed E-state index contributed by atoms with van der Waals surface area (Å²) in [6, 6.07) is 12.0. The third-order valence-corrected chi connectivity index (χ3v) is 6.35. The Labute approximate surface area is 212 Å². The number of aryl methyl sites for hydroxylation is 1. The molecule has 1 saturated heterocycles. The van der Waals surface area contributed by atoms with E-state index in [1.54, 1.807) is 24.3 Å². The molecule has 2 aromatic carbocycles. The van der Waals surface area contributed by atoms with Crippen LogP contribution in [-0.2, 0) is 28.7 Å². The molecule has 1 aliphatic rings. The highest BCUT2D eigenvalue weighted by atomic mass is 19.4. The minimum absolute atomic E-state index is 0.0187. The maximum Gasteiger partial charge on any atom is 0.418 e. The van der Waals surface area contributed by atoms with E-state index in [9.17, 15) is 22.8 Å². The summed E-state index contributed by atoms with van der Waals surface area (Å²) in [7, 11) is 0. The van der Waals surface area contributed by atoms with Crippen LogP contribution >= 0.6 is 0 Å². The minimum Gasteiger partial charge on any atom is -0.380 e. The van der Waals surface area contributed by atoms with Crippen LogP contribution in [0.3, 0.4) is 0 Å². The van der Waals surface area contributed by atoms with Gasteiger partial charge in [-0.15, -0.1) is 0 Å². The molecule has 0 bridgehead atoms. The normalized spacial score (nSPS) is 17.4. The zero-order chi connectivity index (χ0) is 26.5. The van der Waals surface area contributed by atoms with E-state index in [0.717, 1.165) is 11.6 Å². The number of rotatable bonds is 9. The number of para-hydroxylation sites is 1. The molecule has 1 aromatic heterocycles. The number of amides is 1. The van der Waals surface area contributed by atoms with Gasteiger partial charge in [-0.1, -0.05) is 31.2 Å². The van der Waals surface area contributed by atoms with E-state index in [-0.39, 0.29) is 37.0 Å². The van der Waals surface area contributed by atoms with E-state index in [1.807, 2.05) is 6.92 Å².